The molecule has 112 valence electrons. The fraction of sp³-hybridized carbons (Fsp3) is 0.778. The van der Waals surface area contributed by atoms with Crippen molar-refractivity contribution in [1.82, 2.24) is 4.90 Å². The molecule has 0 rings (SSSR count). The quantitative estimate of drug-likeness (QED) is 0.790. The number of aliphatic carboxylic acids is 1. The Bertz CT molecular complexity index is 324. The van der Waals surface area contributed by atoms with Crippen LogP contribution in [0, 0.1) is 5.92 Å². The summed E-state index contributed by atoms with van der Waals surface area (Å²) in [7, 11) is 0.759. The van der Waals surface area contributed by atoms with E-state index in [-0.39, 0.29) is 11.3 Å². The van der Waals surface area contributed by atoms with Crippen LogP contribution in [0.4, 0.5) is 26.3 Å². The minimum atomic E-state index is -5.74. The maximum atomic E-state index is 12.2. The van der Waals surface area contributed by atoms with Crippen molar-refractivity contribution in [2.24, 2.45) is 5.92 Å². The molecule has 0 heterocycles. The zero-order chi connectivity index (χ0) is 15.4. The summed E-state index contributed by atoms with van der Waals surface area (Å²) < 4.78 is 73.3. The van der Waals surface area contributed by atoms with E-state index in [0.717, 1.165) is 7.05 Å². The van der Waals surface area contributed by atoms with E-state index >= 15 is 0 Å². The number of carbonyl (C=O) groups excluding carboxylic acids is 1. The van der Waals surface area contributed by atoms with E-state index in [2.05, 4.69) is 0 Å². The first-order chi connectivity index (χ1) is 8.37. The molecule has 10 heteroatoms. The number of hydrogen-bond acceptors (Lipinski definition) is 2. The Morgan fingerprint density at radius 2 is 1.53 bits per heavy atom. The van der Waals surface area contributed by atoms with Gasteiger partial charge in [0.05, 0.1) is 0 Å². The van der Waals surface area contributed by atoms with Gasteiger partial charge in [-0.05, 0) is 6.42 Å². The molecule has 0 aromatic heterocycles. The summed E-state index contributed by atoms with van der Waals surface area (Å²) in [4.78, 5) is 21.5. The minimum absolute atomic E-state index is 0.231. The molecule has 0 aliphatic carbocycles. The van der Waals surface area contributed by atoms with Crippen LogP contribution in [-0.2, 0) is 9.59 Å². The Labute approximate surface area is 104 Å². The zero-order valence-electron chi connectivity index (χ0n) is 9.68. The first kappa shape index (κ1) is 17.5. The lowest BCUT2D eigenvalue weighted by Gasteiger charge is -2.26. The summed E-state index contributed by atoms with van der Waals surface area (Å²) in [5, 5.41) is 8.27. The first-order valence-electron chi connectivity index (χ1n) is 4.97. The Balaban J connectivity index is 4.78. The van der Waals surface area contributed by atoms with Crippen molar-refractivity contribution < 1.29 is 41.0 Å². The molecule has 1 N–H and O–H groups in total. The Hall–Kier alpha value is -1.48. The van der Waals surface area contributed by atoms with Gasteiger partial charge in [0, 0.05) is 20.0 Å². The Morgan fingerprint density at radius 3 is 1.84 bits per heavy atom. The number of halogens is 6. The van der Waals surface area contributed by atoms with E-state index in [1.54, 1.807) is 0 Å². The van der Waals surface area contributed by atoms with E-state index in [1.807, 2.05) is 0 Å². The Morgan fingerprint density at radius 1 is 1.11 bits per heavy atom. The third-order valence-corrected chi connectivity index (χ3v) is 2.16. The molecule has 0 saturated heterocycles. The molecular weight excluding hydrogens is 284 g/mol. The van der Waals surface area contributed by atoms with Gasteiger partial charge < -0.3 is 10.0 Å². The van der Waals surface area contributed by atoms with Gasteiger partial charge in [-0.1, -0.05) is 0 Å². The van der Waals surface area contributed by atoms with Crippen molar-refractivity contribution in [2.75, 3.05) is 13.6 Å². The fourth-order valence-electron chi connectivity index (χ4n) is 1.26. The Kier molecular flexibility index (Phi) is 5.63. The second-order valence-electron chi connectivity index (χ2n) is 3.77. The van der Waals surface area contributed by atoms with Crippen molar-refractivity contribution in [2.45, 2.75) is 25.2 Å². The van der Waals surface area contributed by atoms with Crippen molar-refractivity contribution in [3.8, 4) is 0 Å². The molecule has 19 heavy (non-hydrogen) atoms. The molecule has 4 nitrogen and oxygen atoms in total. The van der Waals surface area contributed by atoms with Crippen LogP contribution in [0.2, 0.25) is 0 Å². The topological polar surface area (TPSA) is 57.6 Å². The van der Waals surface area contributed by atoms with E-state index in [0.29, 0.717) is 0 Å². The third-order valence-electron chi connectivity index (χ3n) is 2.16. The van der Waals surface area contributed by atoms with Gasteiger partial charge in [0.15, 0.2) is 0 Å². The van der Waals surface area contributed by atoms with Gasteiger partial charge in [-0.25, -0.2) is 0 Å². The summed E-state index contributed by atoms with van der Waals surface area (Å²) in [6, 6.07) is 0. The third kappa shape index (κ3) is 5.79. The molecule has 0 bridgehead atoms. The minimum Gasteiger partial charge on any atom is -0.481 e. The summed E-state index contributed by atoms with van der Waals surface area (Å²) in [6.45, 7) is -0.506. The normalized spacial score (nSPS) is 12.6. The highest BCUT2D eigenvalue weighted by atomic mass is 19.4. The lowest BCUT2D eigenvalue weighted by Crippen LogP contribution is -2.48. The van der Waals surface area contributed by atoms with Crippen LogP contribution in [0.5, 0.6) is 0 Å². The van der Waals surface area contributed by atoms with E-state index in [4.69, 9.17) is 5.11 Å². The van der Waals surface area contributed by atoms with Crippen LogP contribution in [0.25, 0.3) is 0 Å². The molecule has 0 saturated carbocycles. The predicted molar refractivity (Wildman–Crippen MR) is 50.1 cm³/mol. The monoisotopic (exact) mass is 295 g/mol. The molecule has 0 radical (unpaired) electrons. The summed E-state index contributed by atoms with van der Waals surface area (Å²) in [5.41, 5.74) is 0. The number of amides is 1. The molecule has 0 aliphatic heterocycles. The highest BCUT2D eigenvalue weighted by Crippen LogP contribution is 2.40. The zero-order valence-corrected chi connectivity index (χ0v) is 9.68. The number of carboxylic acids is 1. The first-order valence-corrected chi connectivity index (χ1v) is 4.97. The summed E-state index contributed by atoms with van der Waals surface area (Å²) >= 11 is 0. The number of hydrogen-bond donors (Lipinski definition) is 1. The lowest BCUT2D eigenvalue weighted by molar-refractivity contribution is -0.277. The van der Waals surface area contributed by atoms with E-state index in [1.165, 1.54) is 0 Å². The van der Waals surface area contributed by atoms with Crippen LogP contribution in [0.1, 0.15) is 12.8 Å². The highest BCUT2D eigenvalue weighted by Gasteiger charge is 2.61. The fourth-order valence-corrected chi connectivity index (χ4v) is 1.26. The molecular formula is C9H11F6NO3. The maximum absolute atomic E-state index is 12.2. The maximum Gasteiger partial charge on any atom is 0.409 e. The van der Waals surface area contributed by atoms with Crippen molar-refractivity contribution in [3.05, 3.63) is 0 Å². The van der Waals surface area contributed by atoms with Crippen molar-refractivity contribution in [3.63, 3.8) is 0 Å². The average molecular weight is 295 g/mol. The predicted octanol–water partition coefficient (Wildman–Crippen LogP) is 2.05. The van der Waals surface area contributed by atoms with Crippen molar-refractivity contribution in [1.29, 1.82) is 0 Å². The van der Waals surface area contributed by atoms with E-state index < -0.39 is 43.1 Å². The summed E-state index contributed by atoms with van der Waals surface area (Å²) in [6.07, 6.45) is -12.2. The van der Waals surface area contributed by atoms with Gasteiger partial charge in [0.2, 0.25) is 11.8 Å². The van der Waals surface area contributed by atoms with Gasteiger partial charge in [0.1, 0.15) is 0 Å². The van der Waals surface area contributed by atoms with E-state index in [9.17, 15) is 35.9 Å². The molecule has 0 unspecified atom stereocenters. The van der Waals surface area contributed by atoms with Crippen LogP contribution >= 0.6 is 0 Å². The standard InChI is InChI=1S/C9H11F6NO3/c1-16(4-2-3-5(17)18)7(19)6(8(10,11)12)9(13,14)15/h6H,2-4H2,1H3,(H,17,18). The van der Waals surface area contributed by atoms with Crippen LogP contribution in [0.3, 0.4) is 0 Å². The van der Waals surface area contributed by atoms with Gasteiger partial charge in [-0.15, -0.1) is 0 Å². The average Bonchev–Trinajstić information content (AvgIpc) is 2.11. The summed E-state index contributed by atoms with van der Waals surface area (Å²) in [5.74, 6) is -7.50. The van der Waals surface area contributed by atoms with Gasteiger partial charge in [-0.3, -0.25) is 9.59 Å². The molecule has 1 amide bonds. The second-order valence-corrected chi connectivity index (χ2v) is 3.77. The SMILES string of the molecule is CN(CCCC(=O)O)C(=O)C(C(F)(F)F)C(F)(F)F. The number of nitrogens with zero attached hydrogens (tertiary/aromatic N) is 1. The van der Waals surface area contributed by atoms with Gasteiger partial charge >= 0.3 is 18.3 Å². The number of rotatable bonds is 5. The largest absolute Gasteiger partial charge is 0.481 e. The van der Waals surface area contributed by atoms with Crippen molar-refractivity contribution >= 4 is 11.9 Å². The highest BCUT2D eigenvalue weighted by molar-refractivity contribution is 5.80. The molecule has 0 aliphatic rings. The van der Waals surface area contributed by atoms with Crippen LogP contribution in [-0.4, -0.2) is 47.8 Å². The van der Waals surface area contributed by atoms with Crippen LogP contribution < -0.4 is 0 Å². The molecule has 0 aromatic carbocycles. The van der Waals surface area contributed by atoms with Gasteiger partial charge in [-0.2, -0.15) is 26.3 Å². The number of carboxylic acid groups (broad SMARTS) is 1. The second kappa shape index (κ2) is 6.11. The lowest BCUT2D eigenvalue weighted by atomic mass is 10.1. The number of carbonyl (C=O) groups is 2. The van der Waals surface area contributed by atoms with Crippen LogP contribution in [0.15, 0.2) is 0 Å². The molecule has 0 fully saturated rings. The smallest absolute Gasteiger partial charge is 0.409 e. The molecule has 0 atom stereocenters. The molecule has 0 aromatic rings. The van der Waals surface area contributed by atoms with Gasteiger partial charge in [0.25, 0.3) is 0 Å². The number of alkyl halides is 6. The molecule has 0 spiro atoms.